The number of aryl methyl sites for hydroxylation is 3. The van der Waals surface area contributed by atoms with E-state index in [1.165, 1.54) is 44.2 Å². The van der Waals surface area contributed by atoms with Crippen LogP contribution in [0, 0.1) is 32.8 Å². The van der Waals surface area contributed by atoms with Gasteiger partial charge in [-0.15, -0.1) is 29.3 Å². The van der Waals surface area contributed by atoms with Crippen molar-refractivity contribution in [2.24, 2.45) is 10.9 Å². The summed E-state index contributed by atoms with van der Waals surface area (Å²) in [5.74, 6) is 2.91. The quantitative estimate of drug-likeness (QED) is 0.101. The predicted octanol–water partition coefficient (Wildman–Crippen LogP) is 12.0. The van der Waals surface area contributed by atoms with E-state index in [-0.39, 0.29) is 25.5 Å². The van der Waals surface area contributed by atoms with Gasteiger partial charge in [-0.3, -0.25) is 4.98 Å². The van der Waals surface area contributed by atoms with E-state index in [1.807, 2.05) is 6.07 Å². The molecule has 0 fully saturated rings. The number of hydrogen-bond acceptors (Lipinski definition) is 3. The molecule has 2 heterocycles. The molecular formula is C42H51IrN3O-2. The van der Waals surface area contributed by atoms with Crippen LogP contribution in [-0.2, 0) is 25.5 Å². The number of hydrogen-bond donors (Lipinski definition) is 0. The van der Waals surface area contributed by atoms with E-state index in [0.29, 0.717) is 23.9 Å². The fraction of sp³-hybridized carbons (Fsp3) is 0.429. The molecule has 3 aromatic carbocycles. The zero-order valence-corrected chi connectivity index (χ0v) is 32.9. The number of furan rings is 1. The van der Waals surface area contributed by atoms with Crippen LogP contribution < -0.4 is 0 Å². The van der Waals surface area contributed by atoms with Gasteiger partial charge in [0.1, 0.15) is 11.3 Å². The fourth-order valence-electron chi connectivity index (χ4n) is 6.92. The normalized spacial score (nSPS) is 13.7. The third kappa shape index (κ3) is 7.13. The topological polar surface area (TPSA) is 52.5 Å². The first-order chi connectivity index (χ1) is 21.6. The number of benzene rings is 3. The van der Waals surface area contributed by atoms with Crippen LogP contribution in [0.3, 0.4) is 0 Å². The smallest absolute Gasteiger partial charge is 0.135 e. The number of fused-ring (bicyclic) bond motifs is 6. The number of pyridine rings is 1. The van der Waals surface area contributed by atoms with Crippen LogP contribution in [0.2, 0.25) is 0 Å². The summed E-state index contributed by atoms with van der Waals surface area (Å²) in [6.07, 6.45) is 0. The summed E-state index contributed by atoms with van der Waals surface area (Å²) in [6.45, 7) is 28.2. The van der Waals surface area contributed by atoms with E-state index in [9.17, 15) is 0 Å². The van der Waals surface area contributed by atoms with Crippen LogP contribution in [-0.4, -0.2) is 22.9 Å². The Morgan fingerprint density at radius 3 is 2.17 bits per heavy atom. The van der Waals surface area contributed by atoms with E-state index >= 15 is 0 Å². The fourth-order valence-corrected chi connectivity index (χ4v) is 6.92. The number of nitrogens with zero attached hydrogens (tertiary/aromatic N) is 3. The van der Waals surface area contributed by atoms with Gasteiger partial charge in [-0.1, -0.05) is 98.8 Å². The van der Waals surface area contributed by atoms with E-state index in [4.69, 9.17) is 9.40 Å². The monoisotopic (exact) mass is 806 g/mol. The second kappa shape index (κ2) is 14.1. The number of rotatable bonds is 5. The Kier molecular flexibility index (Phi) is 10.9. The molecule has 47 heavy (non-hydrogen) atoms. The van der Waals surface area contributed by atoms with Gasteiger partial charge in [-0.25, -0.2) is 0 Å². The summed E-state index contributed by atoms with van der Waals surface area (Å²) in [7, 11) is 0. The maximum Gasteiger partial charge on any atom is 0.135 e. The first-order valence-electron chi connectivity index (χ1n) is 16.9. The zero-order chi connectivity index (χ0) is 33.7. The van der Waals surface area contributed by atoms with E-state index < -0.39 is 0 Å². The largest absolute Gasteiger partial charge is 0.466 e. The molecule has 1 aliphatic rings. The molecule has 2 aromatic heterocycles. The maximum absolute atomic E-state index is 6.49. The summed E-state index contributed by atoms with van der Waals surface area (Å²) < 4.78 is 6.49. The summed E-state index contributed by atoms with van der Waals surface area (Å²) in [4.78, 5) is 9.62. The van der Waals surface area contributed by atoms with Crippen molar-refractivity contribution in [2.75, 3.05) is 0 Å². The first-order valence-corrected chi connectivity index (χ1v) is 16.9. The van der Waals surface area contributed by atoms with Gasteiger partial charge in [0.15, 0.2) is 0 Å². The van der Waals surface area contributed by atoms with E-state index in [1.54, 1.807) is 0 Å². The molecule has 0 bridgehead atoms. The third-order valence-corrected chi connectivity index (χ3v) is 8.87. The first kappa shape index (κ1) is 36.6. The molecule has 0 amide bonds. The minimum Gasteiger partial charge on any atom is -0.466 e. The van der Waals surface area contributed by atoms with Gasteiger partial charge >= 0.3 is 0 Å². The minimum absolute atomic E-state index is 0. The molecule has 0 atom stereocenters. The molecule has 6 rings (SSSR count). The molecule has 5 heteroatoms. The average molecular weight is 806 g/mol. The zero-order valence-electron chi connectivity index (χ0n) is 30.5. The SMILES string of the molecule is CC(C)N=C([N-]C(C)C)C(C)C.Cc1cc(C)c2c(C)cc(-c3[c-]ccc4c3C(C)(C)c3c-4oc4ccc(C(C)C)cc34)nc2c1.[Ir]. The van der Waals surface area contributed by atoms with Gasteiger partial charge in [-0.2, -0.15) is 0 Å². The number of aliphatic imine (C=N–C) groups is 1. The van der Waals surface area contributed by atoms with Gasteiger partial charge in [-0.05, 0) is 96.3 Å². The van der Waals surface area contributed by atoms with Crippen molar-refractivity contribution < 1.29 is 24.5 Å². The maximum atomic E-state index is 6.49. The van der Waals surface area contributed by atoms with Crippen molar-refractivity contribution in [2.45, 2.75) is 113 Å². The van der Waals surface area contributed by atoms with Gasteiger partial charge in [0.2, 0.25) is 0 Å². The second-order valence-electron chi connectivity index (χ2n) is 14.7. The Bertz CT molecular complexity index is 1940. The predicted molar refractivity (Wildman–Crippen MR) is 198 cm³/mol. The van der Waals surface area contributed by atoms with Gasteiger partial charge in [0, 0.05) is 36.4 Å². The Balaban J connectivity index is 0.000000331. The Morgan fingerprint density at radius 1 is 0.872 bits per heavy atom. The molecule has 5 aromatic rings. The molecule has 0 saturated carbocycles. The van der Waals surface area contributed by atoms with Gasteiger partial charge < -0.3 is 14.7 Å². The van der Waals surface area contributed by atoms with E-state index in [2.05, 4.69) is 149 Å². The molecule has 0 saturated heterocycles. The molecule has 1 aliphatic carbocycles. The second-order valence-corrected chi connectivity index (χ2v) is 14.7. The third-order valence-electron chi connectivity index (χ3n) is 8.87. The summed E-state index contributed by atoms with van der Waals surface area (Å²) in [5, 5.41) is 6.94. The molecule has 0 spiro atoms. The summed E-state index contributed by atoms with van der Waals surface area (Å²) >= 11 is 0. The van der Waals surface area contributed by atoms with Crippen LogP contribution in [0.15, 0.2) is 57.9 Å². The number of aromatic nitrogens is 1. The van der Waals surface area contributed by atoms with Crippen LogP contribution in [0.4, 0.5) is 0 Å². The van der Waals surface area contributed by atoms with Crippen molar-refractivity contribution >= 4 is 27.7 Å². The Morgan fingerprint density at radius 2 is 1.55 bits per heavy atom. The van der Waals surface area contributed by atoms with Crippen LogP contribution >= 0.6 is 0 Å². The molecular weight excluding hydrogens is 755 g/mol. The van der Waals surface area contributed by atoms with Crippen molar-refractivity contribution in [3.8, 4) is 22.6 Å². The van der Waals surface area contributed by atoms with Gasteiger partial charge in [0.05, 0.1) is 5.52 Å². The standard InChI is InChI=1S/C32H30NO.C10H21N2.Ir/c1-17(2)21-11-12-27-24(16-21)30-31(34-27)23-10-8-9-22(29(23)32(30,6)7)25-15-20(5)28-19(4)13-18(3)14-26(28)33-25;1-7(2)10(11-8(3)4)12-9(5)6;/h8,10-17H,1-7H3;7-9H,1-6H3;/q2*-1;. The molecule has 4 nitrogen and oxygen atoms in total. The van der Waals surface area contributed by atoms with Crippen molar-refractivity contribution in [1.82, 2.24) is 4.98 Å². The molecule has 0 aliphatic heterocycles. The van der Waals surface area contributed by atoms with Gasteiger partial charge in [0.25, 0.3) is 0 Å². The van der Waals surface area contributed by atoms with Crippen molar-refractivity contribution in [3.63, 3.8) is 0 Å². The molecule has 251 valence electrons. The number of amidine groups is 1. The Labute approximate surface area is 296 Å². The van der Waals surface area contributed by atoms with Crippen molar-refractivity contribution in [3.05, 3.63) is 93.3 Å². The Hall–Kier alpha value is -3.27. The molecule has 1 radical (unpaired) electrons. The van der Waals surface area contributed by atoms with Crippen LogP contribution in [0.25, 0.3) is 49.8 Å². The molecule has 0 unspecified atom stereocenters. The minimum atomic E-state index is -0.217. The van der Waals surface area contributed by atoms with Crippen molar-refractivity contribution in [1.29, 1.82) is 0 Å². The summed E-state index contributed by atoms with van der Waals surface area (Å²) in [6, 6.07) is 21.7. The van der Waals surface area contributed by atoms with E-state index in [0.717, 1.165) is 39.5 Å². The van der Waals surface area contributed by atoms with Crippen LogP contribution in [0.1, 0.15) is 109 Å². The summed E-state index contributed by atoms with van der Waals surface area (Å²) in [5.41, 5.74) is 12.7. The average Bonchev–Trinajstić information content (AvgIpc) is 3.45. The molecule has 0 N–H and O–H groups in total. The van der Waals surface area contributed by atoms with Crippen LogP contribution in [0.5, 0.6) is 0 Å².